The van der Waals surface area contributed by atoms with Crippen LogP contribution in [0.4, 0.5) is 9.59 Å². The molecule has 0 bridgehead atoms. The van der Waals surface area contributed by atoms with Crippen LogP contribution >= 0.6 is 0 Å². The molecular weight excluding hydrogens is 835 g/mol. The summed E-state index contributed by atoms with van der Waals surface area (Å²) in [6, 6.07) is 8.66. The number of methoxy groups -OCH3 is 2. The van der Waals surface area contributed by atoms with Gasteiger partial charge in [0, 0.05) is 30.4 Å². The maximum atomic E-state index is 13.8. The zero-order valence-electron chi connectivity index (χ0n) is 39.2. The molecule has 4 atom stereocenters. The number of nitrogens with zero attached hydrogens (tertiary/aromatic N) is 5. The van der Waals surface area contributed by atoms with Gasteiger partial charge in [-0.3, -0.25) is 14.6 Å². The first-order valence-corrected chi connectivity index (χ1v) is 23.7. The molecule has 5 heterocycles. The van der Waals surface area contributed by atoms with Gasteiger partial charge in [-0.1, -0.05) is 65.3 Å². The Balaban J connectivity index is 1.04. The molecule has 4 amide bonds. The van der Waals surface area contributed by atoms with E-state index in [1.54, 1.807) is 6.20 Å². The highest BCUT2D eigenvalue weighted by Gasteiger charge is 2.40. The third-order valence-corrected chi connectivity index (χ3v) is 14.3. The number of likely N-dealkylation sites (tertiary alicyclic amines) is 2. The zero-order chi connectivity index (χ0) is 46.7. The Hall–Kier alpha value is -6.25. The van der Waals surface area contributed by atoms with Crippen molar-refractivity contribution in [1.82, 2.24) is 45.4 Å². The van der Waals surface area contributed by atoms with Gasteiger partial charge in [0.2, 0.25) is 11.8 Å². The lowest BCUT2D eigenvalue weighted by atomic mass is 9.74. The smallest absolute Gasteiger partial charge is 0.407 e. The zero-order valence-corrected chi connectivity index (χ0v) is 39.2. The molecule has 0 radical (unpaired) electrons. The fraction of sp³-hybridized carbons (Fsp3) is 0.510. The number of amides is 4. The lowest BCUT2D eigenvalue weighted by molar-refractivity contribution is -0.136. The standard InChI is InChI=1S/C51H65N9O6/c1-30(2)43(57-49(63)65-6)47(61)59-24-10-12-41(59)45-53-29-40(56-45)35-16-18-37(52-28-35)36-17-14-33(20-23-51(27-32(36)5)21-8-9-22-51)34-15-19-38-39(26-34)55-46(54-38)42-13-11-25-60(42)48(62)44(31(3)4)58-50(64)66-7/h14-19,26,28-31,41-44H,5,8-13,20-25,27H2,1-4,6-7H3,(H,53,56)(H,54,55)(H,57,63)(H,58,64)/b33-14+,36-17?/t41-,42-,43-,44-/m0/s1. The number of benzene rings is 1. The minimum atomic E-state index is -0.704. The van der Waals surface area contributed by atoms with Crippen LogP contribution < -0.4 is 10.6 Å². The van der Waals surface area contributed by atoms with Crippen LogP contribution in [0.1, 0.15) is 133 Å². The number of hydrogen-bond acceptors (Lipinski definition) is 9. The molecule has 2 saturated heterocycles. The molecule has 2 aliphatic carbocycles. The van der Waals surface area contributed by atoms with Gasteiger partial charge in [-0.15, -0.1) is 0 Å². The van der Waals surface area contributed by atoms with E-state index in [1.807, 2.05) is 43.7 Å². The molecule has 350 valence electrons. The van der Waals surface area contributed by atoms with Crippen molar-refractivity contribution in [2.45, 2.75) is 122 Å². The largest absolute Gasteiger partial charge is 0.453 e. The van der Waals surface area contributed by atoms with Crippen LogP contribution in [0.25, 0.3) is 33.4 Å². The summed E-state index contributed by atoms with van der Waals surface area (Å²) >= 11 is 0. The van der Waals surface area contributed by atoms with Gasteiger partial charge in [0.1, 0.15) is 23.7 Å². The SMILES string of the molecule is C=C1CC2(CCCC2)CC/C(c2ccc3nc([C@@H]4CCCN4C(=O)[C@@H](NC(=O)OC)C(C)C)[nH]c3c2)=C\C=C1c1ccc(-c2cnc([C@@H]3CCCN3C(=O)[C@@H](NC(=O)OC)C(C)C)[nH]2)cn1. The van der Waals surface area contributed by atoms with Crippen LogP contribution in [-0.4, -0.2) is 98.1 Å². The van der Waals surface area contributed by atoms with Crippen molar-refractivity contribution in [2.75, 3.05) is 27.3 Å². The fourth-order valence-corrected chi connectivity index (χ4v) is 10.6. The van der Waals surface area contributed by atoms with Crippen molar-refractivity contribution < 1.29 is 28.7 Å². The van der Waals surface area contributed by atoms with E-state index in [1.165, 1.54) is 45.5 Å². The summed E-state index contributed by atoms with van der Waals surface area (Å²) in [4.78, 5) is 77.2. The molecule has 1 aromatic carbocycles. The van der Waals surface area contributed by atoms with Crippen molar-refractivity contribution in [1.29, 1.82) is 0 Å². The van der Waals surface area contributed by atoms with Crippen molar-refractivity contribution in [3.05, 3.63) is 89.9 Å². The van der Waals surface area contributed by atoms with E-state index in [9.17, 15) is 19.2 Å². The number of aromatic nitrogens is 5. The van der Waals surface area contributed by atoms with E-state index in [4.69, 9.17) is 24.4 Å². The first-order valence-electron chi connectivity index (χ1n) is 23.7. The van der Waals surface area contributed by atoms with Gasteiger partial charge in [-0.05, 0) is 116 Å². The highest BCUT2D eigenvalue weighted by molar-refractivity contribution is 5.88. The molecule has 2 aliphatic heterocycles. The van der Waals surface area contributed by atoms with Gasteiger partial charge >= 0.3 is 12.2 Å². The monoisotopic (exact) mass is 900 g/mol. The summed E-state index contributed by atoms with van der Waals surface area (Å²) in [5, 5.41) is 5.45. The van der Waals surface area contributed by atoms with Crippen LogP contribution in [0.15, 0.2) is 67.0 Å². The molecular formula is C51H65N9O6. The topological polar surface area (TPSA) is 188 Å². The predicted octanol–water partition coefficient (Wildman–Crippen LogP) is 9.20. The first-order chi connectivity index (χ1) is 31.8. The highest BCUT2D eigenvalue weighted by atomic mass is 16.5. The molecule has 15 nitrogen and oxygen atoms in total. The number of rotatable bonds is 11. The molecule has 4 aromatic rings. The summed E-state index contributed by atoms with van der Waals surface area (Å²) < 4.78 is 9.62. The number of allylic oxidation sites excluding steroid dienone is 5. The molecule has 1 saturated carbocycles. The Kier molecular flexibility index (Phi) is 13.8. The van der Waals surface area contributed by atoms with Gasteiger partial charge in [-0.25, -0.2) is 19.6 Å². The highest BCUT2D eigenvalue weighted by Crippen LogP contribution is 2.50. The summed E-state index contributed by atoms with van der Waals surface area (Å²) in [5.74, 6) is 0.947. The molecule has 66 heavy (non-hydrogen) atoms. The number of hydrogen-bond donors (Lipinski definition) is 4. The lowest BCUT2D eigenvalue weighted by Gasteiger charge is -2.30. The van der Waals surface area contributed by atoms with Crippen molar-refractivity contribution in [2.24, 2.45) is 17.3 Å². The van der Waals surface area contributed by atoms with Crippen LogP contribution in [-0.2, 0) is 19.1 Å². The molecule has 4 N–H and O–H groups in total. The number of nitrogens with one attached hydrogen (secondary N) is 4. The van der Waals surface area contributed by atoms with Crippen LogP contribution in [0.2, 0.25) is 0 Å². The Labute approximate surface area is 387 Å². The molecule has 15 heteroatoms. The second-order valence-corrected chi connectivity index (χ2v) is 19.3. The molecule has 0 unspecified atom stereocenters. The Bertz CT molecular complexity index is 2510. The van der Waals surface area contributed by atoms with E-state index in [0.29, 0.717) is 18.9 Å². The Morgan fingerprint density at radius 2 is 1.38 bits per heavy atom. The average molecular weight is 900 g/mol. The van der Waals surface area contributed by atoms with Crippen molar-refractivity contribution in [3.63, 3.8) is 0 Å². The summed E-state index contributed by atoms with van der Waals surface area (Å²) in [5.41, 5.74) is 8.96. The summed E-state index contributed by atoms with van der Waals surface area (Å²) in [6.45, 7) is 13.5. The minimum absolute atomic E-state index is 0.114. The molecule has 3 fully saturated rings. The fourth-order valence-electron chi connectivity index (χ4n) is 10.6. The number of ether oxygens (including phenoxy) is 2. The number of carbonyl (C=O) groups excluding carboxylic acids is 4. The molecule has 3 aromatic heterocycles. The number of imidazole rings is 2. The van der Waals surface area contributed by atoms with Crippen LogP contribution in [0, 0.1) is 17.3 Å². The molecule has 8 rings (SSSR count). The second kappa shape index (κ2) is 19.7. The van der Waals surface area contributed by atoms with Gasteiger partial charge in [0.05, 0.1) is 54.9 Å². The van der Waals surface area contributed by atoms with Gasteiger partial charge < -0.3 is 39.9 Å². The van der Waals surface area contributed by atoms with Gasteiger partial charge in [0.15, 0.2) is 0 Å². The second-order valence-electron chi connectivity index (χ2n) is 19.3. The number of pyridine rings is 1. The lowest BCUT2D eigenvalue weighted by Crippen LogP contribution is -2.51. The van der Waals surface area contributed by atoms with Crippen LogP contribution in [0.3, 0.4) is 0 Å². The number of fused-ring (bicyclic) bond motifs is 1. The molecule has 1 spiro atoms. The van der Waals surface area contributed by atoms with E-state index in [2.05, 4.69) is 69.7 Å². The third-order valence-electron chi connectivity index (χ3n) is 14.3. The van der Waals surface area contributed by atoms with E-state index < -0.39 is 24.3 Å². The van der Waals surface area contributed by atoms with E-state index >= 15 is 0 Å². The predicted molar refractivity (Wildman–Crippen MR) is 253 cm³/mol. The third kappa shape index (κ3) is 9.66. The van der Waals surface area contributed by atoms with E-state index in [0.717, 1.165) is 95.5 Å². The van der Waals surface area contributed by atoms with Gasteiger partial charge in [-0.2, -0.15) is 0 Å². The number of carbonyl (C=O) groups is 4. The Morgan fingerprint density at radius 3 is 1.97 bits per heavy atom. The van der Waals surface area contributed by atoms with Crippen molar-refractivity contribution >= 4 is 46.2 Å². The number of alkyl carbamates (subject to hydrolysis) is 2. The normalized spacial score (nSPS) is 21.5. The van der Waals surface area contributed by atoms with Crippen molar-refractivity contribution in [3.8, 4) is 11.3 Å². The van der Waals surface area contributed by atoms with Gasteiger partial charge in [0.25, 0.3) is 0 Å². The summed E-state index contributed by atoms with van der Waals surface area (Å²) in [6.07, 6.45) is 17.8. The van der Waals surface area contributed by atoms with E-state index in [-0.39, 0.29) is 41.1 Å². The Morgan fingerprint density at radius 1 is 0.758 bits per heavy atom. The number of H-pyrrole nitrogens is 2. The average Bonchev–Trinajstić information content (AvgIpc) is 4.17. The number of aromatic amines is 2. The van der Waals surface area contributed by atoms with Crippen LogP contribution in [0.5, 0.6) is 0 Å². The summed E-state index contributed by atoms with van der Waals surface area (Å²) in [7, 11) is 2.60. The minimum Gasteiger partial charge on any atom is -0.453 e. The maximum absolute atomic E-state index is 13.8. The molecule has 4 aliphatic rings. The quantitative estimate of drug-likeness (QED) is 0.114. The first kappa shape index (κ1) is 46.3. The maximum Gasteiger partial charge on any atom is 0.407 e.